The minimum Gasteiger partial charge on any atom is -0.476 e. The largest absolute Gasteiger partial charge is 0.476 e. The summed E-state index contributed by atoms with van der Waals surface area (Å²) in [4.78, 5) is 27.6. The standard InChI is InChI=1S/C10H9BrN2O4/c11-6-1-2-7(12-9(6)10(16)17)13-4-5(14)3-8(13)15/h1-2,5,14H,3-4H2,(H,16,17). The molecule has 2 heterocycles. The number of carbonyl (C=O) groups is 2. The third-order valence-corrected chi connectivity index (χ3v) is 3.05. The number of amides is 1. The van der Waals surface area contributed by atoms with Crippen LogP contribution in [0, 0.1) is 0 Å². The van der Waals surface area contributed by atoms with Crippen molar-refractivity contribution in [3.63, 3.8) is 0 Å². The predicted octanol–water partition coefficient (Wildman–Crippen LogP) is 0.640. The molecule has 1 unspecified atom stereocenters. The molecule has 1 fully saturated rings. The molecule has 17 heavy (non-hydrogen) atoms. The van der Waals surface area contributed by atoms with Crippen molar-refractivity contribution in [2.45, 2.75) is 12.5 Å². The van der Waals surface area contributed by atoms with Gasteiger partial charge in [0.15, 0.2) is 5.69 Å². The maximum Gasteiger partial charge on any atom is 0.355 e. The Morgan fingerprint density at radius 2 is 2.24 bits per heavy atom. The van der Waals surface area contributed by atoms with Crippen molar-refractivity contribution in [2.24, 2.45) is 0 Å². The Hall–Kier alpha value is -1.47. The van der Waals surface area contributed by atoms with Gasteiger partial charge in [-0.25, -0.2) is 9.78 Å². The summed E-state index contributed by atoms with van der Waals surface area (Å²) in [6.07, 6.45) is -0.679. The second kappa shape index (κ2) is 4.42. The molecule has 2 N–H and O–H groups in total. The van der Waals surface area contributed by atoms with Crippen molar-refractivity contribution in [3.8, 4) is 0 Å². The van der Waals surface area contributed by atoms with Gasteiger partial charge < -0.3 is 10.2 Å². The highest BCUT2D eigenvalue weighted by atomic mass is 79.9. The molecule has 0 saturated carbocycles. The van der Waals surface area contributed by atoms with E-state index in [-0.39, 0.29) is 30.4 Å². The third-order valence-electron chi connectivity index (χ3n) is 2.42. The lowest BCUT2D eigenvalue weighted by Crippen LogP contribution is -2.26. The lowest BCUT2D eigenvalue weighted by atomic mass is 10.3. The van der Waals surface area contributed by atoms with Gasteiger partial charge in [-0.05, 0) is 28.1 Å². The molecule has 1 saturated heterocycles. The number of hydrogen-bond donors (Lipinski definition) is 2. The van der Waals surface area contributed by atoms with Gasteiger partial charge in [0.1, 0.15) is 5.82 Å². The molecule has 0 radical (unpaired) electrons. The predicted molar refractivity (Wildman–Crippen MR) is 61.9 cm³/mol. The van der Waals surface area contributed by atoms with E-state index in [0.29, 0.717) is 4.47 Å². The number of carbonyl (C=O) groups excluding carboxylic acids is 1. The highest BCUT2D eigenvalue weighted by Crippen LogP contribution is 2.23. The number of β-amino-alcohol motifs (C(OH)–C–C–N with tert-alkyl or cyclic N) is 1. The van der Waals surface area contributed by atoms with Gasteiger partial charge in [-0.2, -0.15) is 0 Å². The van der Waals surface area contributed by atoms with Crippen LogP contribution in [0.25, 0.3) is 0 Å². The number of pyridine rings is 1. The highest BCUT2D eigenvalue weighted by Gasteiger charge is 2.30. The molecule has 0 bridgehead atoms. The minimum atomic E-state index is -1.18. The molecule has 7 heteroatoms. The van der Waals surface area contributed by atoms with Crippen LogP contribution in [-0.4, -0.2) is 39.7 Å². The average molecular weight is 301 g/mol. The lowest BCUT2D eigenvalue weighted by Gasteiger charge is -2.15. The van der Waals surface area contributed by atoms with Gasteiger partial charge in [0.2, 0.25) is 5.91 Å². The molecule has 1 atom stereocenters. The molecular weight excluding hydrogens is 292 g/mol. The van der Waals surface area contributed by atoms with Gasteiger partial charge in [0, 0.05) is 0 Å². The summed E-state index contributed by atoms with van der Waals surface area (Å²) in [5, 5.41) is 18.3. The van der Waals surface area contributed by atoms with Crippen molar-refractivity contribution in [3.05, 3.63) is 22.3 Å². The number of halogens is 1. The first-order valence-electron chi connectivity index (χ1n) is 4.87. The maximum absolute atomic E-state index is 11.5. The van der Waals surface area contributed by atoms with Crippen LogP contribution in [-0.2, 0) is 4.79 Å². The van der Waals surface area contributed by atoms with Gasteiger partial charge >= 0.3 is 5.97 Å². The van der Waals surface area contributed by atoms with E-state index < -0.39 is 12.1 Å². The number of aromatic carboxylic acids is 1. The van der Waals surface area contributed by atoms with E-state index in [2.05, 4.69) is 20.9 Å². The molecule has 1 aromatic heterocycles. The molecule has 1 aliphatic heterocycles. The molecule has 1 aromatic rings. The van der Waals surface area contributed by atoms with Crippen LogP contribution in [0.2, 0.25) is 0 Å². The van der Waals surface area contributed by atoms with Gasteiger partial charge in [0.25, 0.3) is 0 Å². The quantitative estimate of drug-likeness (QED) is 0.836. The van der Waals surface area contributed by atoms with Gasteiger partial charge in [-0.3, -0.25) is 9.69 Å². The Bertz CT molecular complexity index is 491. The van der Waals surface area contributed by atoms with Gasteiger partial charge in [-0.15, -0.1) is 0 Å². The van der Waals surface area contributed by atoms with E-state index in [1.54, 1.807) is 0 Å². The van der Waals surface area contributed by atoms with Crippen LogP contribution >= 0.6 is 15.9 Å². The summed E-state index contributed by atoms with van der Waals surface area (Å²) >= 11 is 3.07. The monoisotopic (exact) mass is 300 g/mol. The summed E-state index contributed by atoms with van der Waals surface area (Å²) in [7, 11) is 0. The second-order valence-electron chi connectivity index (χ2n) is 3.67. The van der Waals surface area contributed by atoms with Gasteiger partial charge in [-0.1, -0.05) is 0 Å². The first-order chi connectivity index (χ1) is 7.99. The van der Waals surface area contributed by atoms with Crippen LogP contribution in [0.1, 0.15) is 16.9 Å². The minimum absolute atomic E-state index is 0.0418. The molecule has 0 aromatic carbocycles. The third kappa shape index (κ3) is 2.29. The van der Waals surface area contributed by atoms with Crippen molar-refractivity contribution in [1.82, 2.24) is 4.98 Å². The van der Waals surface area contributed by atoms with Crippen LogP contribution < -0.4 is 4.90 Å². The average Bonchev–Trinajstić information content (AvgIpc) is 2.58. The SMILES string of the molecule is O=C(O)c1nc(N2CC(O)CC2=O)ccc1Br. The van der Waals surface area contributed by atoms with Gasteiger partial charge in [0.05, 0.1) is 23.5 Å². The molecule has 0 aliphatic carbocycles. The zero-order valence-corrected chi connectivity index (χ0v) is 10.2. The van der Waals surface area contributed by atoms with Crippen LogP contribution in [0.4, 0.5) is 5.82 Å². The van der Waals surface area contributed by atoms with E-state index in [0.717, 1.165) is 0 Å². The number of carboxylic acids is 1. The number of rotatable bonds is 2. The molecule has 1 aliphatic rings. The number of anilines is 1. The zero-order valence-electron chi connectivity index (χ0n) is 8.63. The number of carboxylic acid groups (broad SMARTS) is 1. The van der Waals surface area contributed by atoms with Crippen molar-refractivity contribution in [1.29, 1.82) is 0 Å². The number of aliphatic hydroxyl groups is 1. The Morgan fingerprint density at radius 3 is 2.76 bits per heavy atom. The smallest absolute Gasteiger partial charge is 0.355 e. The van der Waals surface area contributed by atoms with E-state index in [1.165, 1.54) is 17.0 Å². The highest BCUT2D eigenvalue weighted by molar-refractivity contribution is 9.10. The molecule has 90 valence electrons. The van der Waals surface area contributed by atoms with E-state index in [9.17, 15) is 14.7 Å². The fourth-order valence-electron chi connectivity index (χ4n) is 1.64. The molecule has 1 amide bonds. The fraction of sp³-hybridized carbons (Fsp3) is 0.300. The molecule has 2 rings (SSSR count). The summed E-state index contributed by atoms with van der Waals surface area (Å²) in [5.74, 6) is -1.19. The fourth-order valence-corrected chi connectivity index (χ4v) is 2.03. The summed E-state index contributed by atoms with van der Waals surface area (Å²) in [6.45, 7) is 0.145. The first-order valence-corrected chi connectivity index (χ1v) is 5.66. The Morgan fingerprint density at radius 1 is 1.53 bits per heavy atom. The van der Waals surface area contributed by atoms with E-state index in [4.69, 9.17) is 5.11 Å². The zero-order chi connectivity index (χ0) is 12.6. The topological polar surface area (TPSA) is 90.7 Å². The summed E-state index contributed by atoms with van der Waals surface area (Å²) < 4.78 is 0.348. The number of nitrogens with zero attached hydrogens (tertiary/aromatic N) is 2. The van der Waals surface area contributed by atoms with Crippen molar-refractivity contribution < 1.29 is 19.8 Å². The number of hydrogen-bond acceptors (Lipinski definition) is 4. The summed E-state index contributed by atoms with van der Waals surface area (Å²) in [6, 6.07) is 3.05. The molecule has 0 spiro atoms. The normalized spacial score (nSPS) is 19.8. The van der Waals surface area contributed by atoms with Crippen LogP contribution in [0.3, 0.4) is 0 Å². The van der Waals surface area contributed by atoms with Crippen LogP contribution in [0.15, 0.2) is 16.6 Å². The number of aliphatic hydroxyl groups excluding tert-OH is 1. The molecular formula is C10H9BrN2O4. The number of aromatic nitrogens is 1. The molecule has 6 nitrogen and oxygen atoms in total. The Balaban J connectivity index is 2.37. The van der Waals surface area contributed by atoms with Crippen molar-refractivity contribution >= 4 is 33.6 Å². The summed E-state index contributed by atoms with van der Waals surface area (Å²) in [5.41, 5.74) is -0.156. The van der Waals surface area contributed by atoms with Crippen molar-refractivity contribution in [2.75, 3.05) is 11.4 Å². The Kier molecular flexibility index (Phi) is 3.12. The van der Waals surface area contributed by atoms with Crippen LogP contribution in [0.5, 0.6) is 0 Å². The first kappa shape index (κ1) is 12.0. The lowest BCUT2D eigenvalue weighted by molar-refractivity contribution is -0.117. The van der Waals surface area contributed by atoms with E-state index in [1.807, 2.05) is 0 Å². The van der Waals surface area contributed by atoms with E-state index >= 15 is 0 Å². The Labute approximate surface area is 105 Å². The second-order valence-corrected chi connectivity index (χ2v) is 4.52. The maximum atomic E-state index is 11.5.